The zero-order chi connectivity index (χ0) is 5.28. The van der Waals surface area contributed by atoms with Gasteiger partial charge in [-0.3, -0.25) is 9.85 Å². The van der Waals surface area contributed by atoms with Crippen molar-refractivity contribution in [2.75, 3.05) is 13.7 Å². The van der Waals surface area contributed by atoms with Crippen molar-refractivity contribution in [2.45, 2.75) is 0 Å². The van der Waals surface area contributed by atoms with E-state index in [1.807, 2.05) is 7.05 Å². The molecule has 1 N–H and O–H groups in total. The van der Waals surface area contributed by atoms with Crippen molar-refractivity contribution in [3.63, 3.8) is 0 Å². The van der Waals surface area contributed by atoms with Crippen LogP contribution in [-0.2, 0) is 4.84 Å². The second kappa shape index (κ2) is 1.52. The average molecular weight is 100 g/mol. The second-order valence-electron chi connectivity index (χ2n) is 1.51. The molecule has 0 amide bonds. The highest BCUT2D eigenvalue weighted by atomic mass is 16.7. The highest BCUT2D eigenvalue weighted by Crippen LogP contribution is 1.99. The van der Waals surface area contributed by atoms with Crippen LogP contribution in [0.5, 0.6) is 0 Å². The fourth-order valence-corrected chi connectivity index (χ4v) is 0.374. The van der Waals surface area contributed by atoms with E-state index in [1.54, 1.807) is 5.01 Å². The predicted octanol–water partition coefficient (Wildman–Crippen LogP) is -0.118. The molecule has 7 heavy (non-hydrogen) atoms. The van der Waals surface area contributed by atoms with Gasteiger partial charge >= 0.3 is 0 Å². The van der Waals surface area contributed by atoms with E-state index in [0.717, 1.165) is 5.70 Å². The molecule has 0 unspecified atom stereocenters. The van der Waals surface area contributed by atoms with E-state index in [1.165, 1.54) is 0 Å². The predicted molar refractivity (Wildman–Crippen MR) is 26.0 cm³/mol. The summed E-state index contributed by atoms with van der Waals surface area (Å²) in [4.78, 5) is 4.75. The maximum Gasteiger partial charge on any atom is 0.111 e. The summed E-state index contributed by atoms with van der Waals surface area (Å²) in [6.07, 6.45) is 0. The Balaban J connectivity index is 2.48. The minimum Gasteiger partial charge on any atom is -0.291 e. The van der Waals surface area contributed by atoms with Gasteiger partial charge in [0.1, 0.15) is 6.61 Å². The van der Waals surface area contributed by atoms with Gasteiger partial charge in [0.2, 0.25) is 0 Å². The number of rotatable bonds is 0. The van der Waals surface area contributed by atoms with Crippen molar-refractivity contribution in [2.24, 2.45) is 0 Å². The Kier molecular flexibility index (Phi) is 1.00. The van der Waals surface area contributed by atoms with Gasteiger partial charge in [-0.25, -0.2) is 0 Å². The van der Waals surface area contributed by atoms with Crippen LogP contribution < -0.4 is 5.59 Å². The van der Waals surface area contributed by atoms with Crippen molar-refractivity contribution in [1.82, 2.24) is 10.6 Å². The van der Waals surface area contributed by atoms with Gasteiger partial charge in [0.15, 0.2) is 0 Å². The maximum atomic E-state index is 4.75. The third-order valence-electron chi connectivity index (χ3n) is 0.915. The first-order valence-corrected chi connectivity index (χ1v) is 2.09. The van der Waals surface area contributed by atoms with Crippen LogP contribution in [0.2, 0.25) is 0 Å². The third kappa shape index (κ3) is 0.730. The van der Waals surface area contributed by atoms with Crippen LogP contribution in [-0.4, -0.2) is 18.7 Å². The van der Waals surface area contributed by atoms with Crippen molar-refractivity contribution in [1.29, 1.82) is 0 Å². The van der Waals surface area contributed by atoms with E-state index < -0.39 is 0 Å². The molecule has 0 atom stereocenters. The third-order valence-corrected chi connectivity index (χ3v) is 0.915. The van der Waals surface area contributed by atoms with Crippen LogP contribution in [0.15, 0.2) is 12.3 Å². The first kappa shape index (κ1) is 4.61. The van der Waals surface area contributed by atoms with E-state index in [2.05, 4.69) is 12.2 Å². The molecule has 0 aromatic heterocycles. The summed E-state index contributed by atoms with van der Waals surface area (Å²) >= 11 is 0. The Morgan fingerprint density at radius 1 is 2.00 bits per heavy atom. The lowest BCUT2D eigenvalue weighted by atomic mass is 10.5. The molecular formula is C4H8N2O. The first-order valence-electron chi connectivity index (χ1n) is 2.09. The largest absolute Gasteiger partial charge is 0.291 e. The van der Waals surface area contributed by atoms with Crippen LogP contribution in [0.3, 0.4) is 0 Å². The molecule has 3 heteroatoms. The minimum atomic E-state index is 0.594. The Labute approximate surface area is 42.5 Å². The van der Waals surface area contributed by atoms with Crippen LogP contribution in [0.4, 0.5) is 0 Å². The van der Waals surface area contributed by atoms with E-state index in [9.17, 15) is 0 Å². The fourth-order valence-electron chi connectivity index (χ4n) is 0.374. The molecule has 0 bridgehead atoms. The van der Waals surface area contributed by atoms with Crippen LogP contribution in [0, 0.1) is 0 Å². The van der Waals surface area contributed by atoms with Crippen LogP contribution >= 0.6 is 0 Å². The zero-order valence-electron chi connectivity index (χ0n) is 4.27. The summed E-state index contributed by atoms with van der Waals surface area (Å²) in [5.74, 6) is 0. The fraction of sp³-hybridized carbons (Fsp3) is 0.500. The van der Waals surface area contributed by atoms with Gasteiger partial charge in [0, 0.05) is 7.05 Å². The molecular weight excluding hydrogens is 92.1 g/mol. The summed E-state index contributed by atoms with van der Waals surface area (Å²) < 4.78 is 0. The summed E-state index contributed by atoms with van der Waals surface area (Å²) in [7, 11) is 1.86. The highest BCUT2D eigenvalue weighted by molar-refractivity contribution is 4.91. The van der Waals surface area contributed by atoms with Gasteiger partial charge in [0.25, 0.3) is 0 Å². The summed E-state index contributed by atoms with van der Waals surface area (Å²) in [6.45, 7) is 4.27. The summed E-state index contributed by atoms with van der Waals surface area (Å²) in [6, 6.07) is 0. The number of hydrogen-bond donors (Lipinski definition) is 1. The van der Waals surface area contributed by atoms with Crippen LogP contribution in [0.1, 0.15) is 0 Å². The standard InChI is InChI=1S/C4H8N2O/c1-4-3-7-5-6(4)2/h5H,1,3H2,2H3. The number of nitrogens with one attached hydrogen (secondary N) is 1. The van der Waals surface area contributed by atoms with Crippen molar-refractivity contribution < 1.29 is 4.84 Å². The van der Waals surface area contributed by atoms with E-state index in [-0.39, 0.29) is 0 Å². The lowest BCUT2D eigenvalue weighted by Gasteiger charge is -2.05. The minimum absolute atomic E-state index is 0.594. The average Bonchev–Trinajstić information content (AvgIpc) is 1.91. The summed E-state index contributed by atoms with van der Waals surface area (Å²) in [5.41, 5.74) is 3.56. The zero-order valence-corrected chi connectivity index (χ0v) is 4.27. The topological polar surface area (TPSA) is 24.5 Å². The lowest BCUT2D eigenvalue weighted by molar-refractivity contribution is 0.0263. The number of hydrazine groups is 1. The Bertz CT molecular complexity index is 91.7. The molecule has 1 heterocycles. The molecule has 0 radical (unpaired) electrons. The van der Waals surface area contributed by atoms with Crippen LogP contribution in [0.25, 0.3) is 0 Å². The smallest absolute Gasteiger partial charge is 0.111 e. The van der Waals surface area contributed by atoms with E-state index in [4.69, 9.17) is 4.84 Å². The normalized spacial score (nSPS) is 21.3. The number of likely N-dealkylation sites (N-methyl/N-ethyl adjacent to an activating group) is 1. The number of nitrogens with zero attached hydrogens (tertiary/aromatic N) is 1. The highest BCUT2D eigenvalue weighted by Gasteiger charge is 2.07. The molecule has 1 fully saturated rings. The monoisotopic (exact) mass is 100 g/mol. The maximum absolute atomic E-state index is 4.75. The van der Waals surface area contributed by atoms with Gasteiger partial charge in [-0.1, -0.05) is 6.58 Å². The number of hydrogen-bond acceptors (Lipinski definition) is 3. The molecule has 0 aromatic rings. The molecule has 3 nitrogen and oxygen atoms in total. The lowest BCUT2D eigenvalue weighted by Crippen LogP contribution is -2.22. The van der Waals surface area contributed by atoms with Gasteiger partial charge in [-0.05, 0) is 0 Å². The van der Waals surface area contributed by atoms with Gasteiger partial charge in [-0.2, -0.15) is 0 Å². The molecule has 0 saturated carbocycles. The molecule has 40 valence electrons. The molecule has 0 spiro atoms. The molecule has 1 aliphatic heterocycles. The van der Waals surface area contributed by atoms with E-state index >= 15 is 0 Å². The van der Waals surface area contributed by atoms with E-state index in [0.29, 0.717) is 6.61 Å². The van der Waals surface area contributed by atoms with Crippen molar-refractivity contribution in [3.05, 3.63) is 12.3 Å². The van der Waals surface area contributed by atoms with Gasteiger partial charge in [-0.15, -0.1) is 5.59 Å². The molecule has 0 aromatic carbocycles. The molecule has 1 saturated heterocycles. The Morgan fingerprint density at radius 3 is 2.86 bits per heavy atom. The molecule has 0 aliphatic carbocycles. The SMILES string of the molecule is C=C1CONN1C. The van der Waals surface area contributed by atoms with Crippen molar-refractivity contribution >= 4 is 0 Å². The molecule has 1 aliphatic rings. The first-order chi connectivity index (χ1) is 3.30. The quantitative estimate of drug-likeness (QED) is 0.459. The Morgan fingerprint density at radius 2 is 2.71 bits per heavy atom. The Hall–Kier alpha value is -0.540. The summed E-state index contributed by atoms with van der Waals surface area (Å²) in [5, 5.41) is 1.74. The molecule has 1 rings (SSSR count). The van der Waals surface area contributed by atoms with Crippen molar-refractivity contribution in [3.8, 4) is 0 Å². The van der Waals surface area contributed by atoms with Gasteiger partial charge in [0.05, 0.1) is 5.70 Å². The van der Waals surface area contributed by atoms with Gasteiger partial charge < -0.3 is 0 Å². The second-order valence-corrected chi connectivity index (χ2v) is 1.51.